The van der Waals surface area contributed by atoms with Gasteiger partial charge in [-0.25, -0.2) is 9.69 Å². The SMILES string of the molecule is CC(C)OC1(OC(C)C)C(NC(=S)Cc2ccc(Cl)cc2)[C@@H]2SC=C(C=O)C(C(=O)OC(c3ccccc3)c3ccccc3)N21. The van der Waals surface area contributed by atoms with Crippen LogP contribution in [-0.4, -0.2) is 57.7 Å². The first-order valence-electron chi connectivity index (χ1n) is 14.9. The van der Waals surface area contributed by atoms with Crippen LogP contribution in [0.1, 0.15) is 50.5 Å². The Kier molecular flexibility index (Phi) is 10.8. The van der Waals surface area contributed by atoms with E-state index in [9.17, 15) is 9.59 Å². The third-order valence-corrected chi connectivity index (χ3v) is 9.15. The Hall–Kier alpha value is -3.05. The molecule has 2 aliphatic heterocycles. The molecule has 5 rings (SSSR count). The topological polar surface area (TPSA) is 77.1 Å². The van der Waals surface area contributed by atoms with E-state index in [1.54, 1.807) is 5.41 Å². The monoisotopic (exact) mass is 664 g/mol. The molecular weight excluding hydrogens is 628 g/mol. The van der Waals surface area contributed by atoms with Gasteiger partial charge in [0.05, 0.1) is 22.6 Å². The summed E-state index contributed by atoms with van der Waals surface area (Å²) in [6, 6.07) is 25.1. The van der Waals surface area contributed by atoms with E-state index in [4.69, 9.17) is 38.0 Å². The Labute approximate surface area is 279 Å². The number of fused-ring (bicyclic) bond motifs is 1. The summed E-state index contributed by atoms with van der Waals surface area (Å²) in [4.78, 5) is 29.2. The highest BCUT2D eigenvalue weighted by molar-refractivity contribution is 8.02. The van der Waals surface area contributed by atoms with E-state index < -0.39 is 30.1 Å². The van der Waals surface area contributed by atoms with Crippen LogP contribution in [0.25, 0.3) is 0 Å². The van der Waals surface area contributed by atoms with E-state index >= 15 is 0 Å². The number of nitrogens with one attached hydrogen (secondary N) is 1. The van der Waals surface area contributed by atoms with Crippen molar-refractivity contribution in [2.45, 2.75) is 75.8 Å². The molecule has 2 aliphatic rings. The third-order valence-electron chi connectivity index (χ3n) is 7.45. The molecule has 3 atom stereocenters. The van der Waals surface area contributed by atoms with Crippen molar-refractivity contribution in [1.82, 2.24) is 10.2 Å². The van der Waals surface area contributed by atoms with Crippen molar-refractivity contribution in [3.63, 3.8) is 0 Å². The lowest BCUT2D eigenvalue weighted by Gasteiger charge is -2.64. The Morgan fingerprint density at radius 1 is 0.956 bits per heavy atom. The molecule has 0 amide bonds. The van der Waals surface area contributed by atoms with Crippen LogP contribution in [0.3, 0.4) is 0 Å². The average Bonchev–Trinajstić information content (AvgIpc) is 3.03. The minimum absolute atomic E-state index is 0.271. The number of carbonyl (C=O) groups is 2. The van der Waals surface area contributed by atoms with Gasteiger partial charge >= 0.3 is 5.97 Å². The molecule has 0 bridgehead atoms. The number of nitrogens with zero attached hydrogens (tertiary/aromatic N) is 1. The molecule has 0 radical (unpaired) electrons. The number of hydrogen-bond donors (Lipinski definition) is 1. The van der Waals surface area contributed by atoms with Gasteiger partial charge in [0.1, 0.15) is 18.4 Å². The molecule has 1 fully saturated rings. The quantitative estimate of drug-likeness (QED) is 0.0969. The molecule has 1 saturated heterocycles. The van der Waals surface area contributed by atoms with Gasteiger partial charge in [0.15, 0.2) is 6.10 Å². The number of halogens is 1. The minimum Gasteiger partial charge on any atom is -0.451 e. The number of carbonyl (C=O) groups excluding carboxylic acids is 2. The van der Waals surface area contributed by atoms with Crippen LogP contribution >= 0.6 is 35.6 Å². The molecule has 2 heterocycles. The molecule has 3 aromatic carbocycles. The fraction of sp³-hybridized carbons (Fsp3) is 0.343. The number of benzene rings is 3. The van der Waals surface area contributed by atoms with Gasteiger partial charge in [-0.15, -0.1) is 11.8 Å². The summed E-state index contributed by atoms with van der Waals surface area (Å²) in [5.41, 5.74) is 2.90. The van der Waals surface area contributed by atoms with Crippen LogP contribution in [-0.2, 0) is 30.2 Å². The maximum atomic E-state index is 14.3. The minimum atomic E-state index is -1.43. The number of hydrogen-bond acceptors (Lipinski definition) is 8. The van der Waals surface area contributed by atoms with Crippen molar-refractivity contribution in [2.75, 3.05) is 0 Å². The molecular formula is C35H37ClN2O5S2. The van der Waals surface area contributed by atoms with Gasteiger partial charge in [0.2, 0.25) is 0 Å². The first-order valence-corrected chi connectivity index (χ1v) is 16.6. The van der Waals surface area contributed by atoms with Crippen LogP contribution in [0.5, 0.6) is 0 Å². The van der Waals surface area contributed by atoms with Gasteiger partial charge in [-0.05, 0) is 61.9 Å². The molecule has 0 aliphatic carbocycles. The first kappa shape index (κ1) is 33.3. The van der Waals surface area contributed by atoms with Crippen LogP contribution in [0.2, 0.25) is 5.02 Å². The van der Waals surface area contributed by atoms with E-state index in [1.807, 2.05) is 118 Å². The molecule has 45 heavy (non-hydrogen) atoms. The smallest absolute Gasteiger partial charge is 0.329 e. The lowest BCUT2D eigenvalue weighted by Crippen LogP contribution is -2.85. The second-order valence-electron chi connectivity index (χ2n) is 11.5. The van der Waals surface area contributed by atoms with E-state index in [1.165, 1.54) is 11.8 Å². The van der Waals surface area contributed by atoms with Gasteiger partial charge in [0, 0.05) is 17.0 Å². The maximum Gasteiger partial charge on any atom is 0.329 e. The summed E-state index contributed by atoms with van der Waals surface area (Å²) in [6.07, 6.45) is -0.0675. The Balaban J connectivity index is 1.50. The summed E-state index contributed by atoms with van der Waals surface area (Å²) in [6.45, 7) is 7.63. The van der Waals surface area contributed by atoms with Crippen molar-refractivity contribution in [2.24, 2.45) is 0 Å². The predicted octanol–water partition coefficient (Wildman–Crippen LogP) is 6.84. The zero-order valence-electron chi connectivity index (χ0n) is 25.6. The lowest BCUT2D eigenvalue weighted by molar-refractivity contribution is -0.407. The van der Waals surface area contributed by atoms with Crippen molar-refractivity contribution >= 4 is 52.8 Å². The number of thioether (sulfide) groups is 1. The molecule has 10 heteroatoms. The third kappa shape index (κ3) is 7.35. The Morgan fingerprint density at radius 2 is 1.51 bits per heavy atom. The highest BCUT2D eigenvalue weighted by Gasteiger charge is 2.69. The van der Waals surface area contributed by atoms with Crippen molar-refractivity contribution in [1.29, 1.82) is 0 Å². The number of esters is 1. The molecule has 7 nitrogen and oxygen atoms in total. The van der Waals surface area contributed by atoms with Gasteiger partial charge in [-0.3, -0.25) is 4.79 Å². The van der Waals surface area contributed by atoms with Crippen LogP contribution in [0.4, 0.5) is 0 Å². The molecule has 0 saturated carbocycles. The van der Waals surface area contributed by atoms with Crippen LogP contribution < -0.4 is 5.32 Å². The second-order valence-corrected chi connectivity index (χ2v) is 13.4. The van der Waals surface area contributed by atoms with Gasteiger partial charge in [0.25, 0.3) is 5.91 Å². The first-order chi connectivity index (χ1) is 21.6. The zero-order chi connectivity index (χ0) is 32.1. The molecule has 0 spiro atoms. The van der Waals surface area contributed by atoms with E-state index in [0.717, 1.165) is 16.7 Å². The van der Waals surface area contributed by atoms with Crippen LogP contribution in [0, 0.1) is 0 Å². The van der Waals surface area contributed by atoms with Crippen molar-refractivity contribution in [3.8, 4) is 0 Å². The summed E-state index contributed by atoms with van der Waals surface area (Å²) in [7, 11) is 0. The summed E-state index contributed by atoms with van der Waals surface area (Å²) in [5.74, 6) is -2.01. The number of aldehydes is 1. The van der Waals surface area contributed by atoms with Gasteiger partial charge < -0.3 is 19.5 Å². The van der Waals surface area contributed by atoms with E-state index in [0.29, 0.717) is 22.7 Å². The summed E-state index contributed by atoms with van der Waals surface area (Å²) in [5, 5.41) is 5.51. The zero-order valence-corrected chi connectivity index (χ0v) is 28.0. The van der Waals surface area contributed by atoms with Crippen molar-refractivity contribution in [3.05, 3.63) is 118 Å². The molecule has 3 aromatic rings. The molecule has 1 N–H and O–H groups in total. The fourth-order valence-electron chi connectivity index (χ4n) is 5.69. The highest BCUT2D eigenvalue weighted by atomic mass is 35.5. The summed E-state index contributed by atoms with van der Waals surface area (Å²) < 4.78 is 19.5. The molecule has 2 unspecified atom stereocenters. The lowest BCUT2D eigenvalue weighted by atomic mass is 9.93. The standard InChI is InChI=1S/C35H37ClN2O5S2/c1-22(2)42-35(43-23(3)4)32(37-29(44)19-24-15-17-28(36)18-16-24)33-38(35)30(27(20-39)21-45-33)34(40)41-31(25-11-7-5-8-12-25)26-13-9-6-10-14-26/h5-18,20-23,30-33H,19H2,1-4H3,(H,37,44)/t30?,32?,33-/m0/s1. The fourth-order valence-corrected chi connectivity index (χ4v) is 7.39. The van der Waals surface area contributed by atoms with Gasteiger partial charge in [-0.2, -0.15) is 0 Å². The summed E-state index contributed by atoms with van der Waals surface area (Å²) >= 11 is 13.3. The number of ether oxygens (including phenoxy) is 3. The average molecular weight is 665 g/mol. The maximum absolute atomic E-state index is 14.3. The highest BCUT2D eigenvalue weighted by Crippen LogP contribution is 2.51. The number of rotatable bonds is 12. The van der Waals surface area contributed by atoms with E-state index in [-0.39, 0.29) is 23.2 Å². The predicted molar refractivity (Wildman–Crippen MR) is 182 cm³/mol. The normalized spacial score (nSPS) is 20.7. The molecule has 236 valence electrons. The molecule has 0 aromatic heterocycles. The van der Waals surface area contributed by atoms with E-state index in [2.05, 4.69) is 5.32 Å². The van der Waals surface area contributed by atoms with Crippen molar-refractivity contribution < 1.29 is 23.8 Å². The second kappa shape index (κ2) is 14.6. The Morgan fingerprint density at radius 3 is 2.02 bits per heavy atom. The van der Waals surface area contributed by atoms with Gasteiger partial charge in [-0.1, -0.05) is 96.6 Å². The number of thiocarbonyl (C=S) groups is 1. The largest absolute Gasteiger partial charge is 0.451 e. The Bertz CT molecular complexity index is 1470. The van der Waals surface area contributed by atoms with Crippen LogP contribution in [0.15, 0.2) is 95.9 Å².